The number of unbranched alkanes of at least 4 members (excludes halogenated alkanes) is 8. The molecule has 0 radical (unpaired) electrons. The van der Waals surface area contributed by atoms with Crippen molar-refractivity contribution in [1.29, 1.82) is 0 Å². The second-order valence-electron chi connectivity index (χ2n) is 8.20. The van der Waals surface area contributed by atoms with Crippen molar-refractivity contribution in [3.63, 3.8) is 0 Å². The first-order chi connectivity index (χ1) is 13.1. The van der Waals surface area contributed by atoms with E-state index < -0.39 is 27.1 Å². The van der Waals surface area contributed by atoms with Crippen molar-refractivity contribution in [1.82, 2.24) is 3.26 Å². The largest absolute Gasteiger partial charge is 1.00 e. The van der Waals surface area contributed by atoms with Crippen LogP contribution in [0, 0.1) is 0 Å². The number of amides is 1. The van der Waals surface area contributed by atoms with Crippen LogP contribution in [0.4, 0.5) is 0 Å². The van der Waals surface area contributed by atoms with Crippen LogP contribution in [0.5, 0.6) is 0 Å². The molecule has 0 bridgehead atoms. The minimum absolute atomic E-state index is 0. The first kappa shape index (κ1) is 29.1. The van der Waals surface area contributed by atoms with Crippen molar-refractivity contribution in [2.24, 2.45) is 0 Å². The Balaban J connectivity index is 0.00000392. The van der Waals surface area contributed by atoms with E-state index >= 15 is 0 Å². The van der Waals surface area contributed by atoms with Gasteiger partial charge in [0.25, 0.3) is 0 Å². The quantitative estimate of drug-likeness (QED) is 0.287. The van der Waals surface area contributed by atoms with E-state index in [0.29, 0.717) is 9.53 Å². The number of benzene rings is 1. The van der Waals surface area contributed by atoms with E-state index in [1.54, 1.807) is 0 Å². The number of allylic oxidation sites excluding steroid dienone is 1. The molecule has 1 unspecified atom stereocenters. The van der Waals surface area contributed by atoms with Crippen molar-refractivity contribution in [3.05, 3.63) is 41.5 Å². The maximum Gasteiger partial charge on any atom is -1.00 e. The summed E-state index contributed by atoms with van der Waals surface area (Å²) in [5, 5.41) is 0. The van der Waals surface area contributed by atoms with Gasteiger partial charge in [0, 0.05) is 0 Å². The Labute approximate surface area is 200 Å². The van der Waals surface area contributed by atoms with Crippen LogP contribution in [0.15, 0.2) is 30.3 Å². The van der Waals surface area contributed by atoms with Crippen LogP contribution in [-0.2, 0) is 26.0 Å². The summed E-state index contributed by atoms with van der Waals surface area (Å²) < 4.78 is 4.15. The standard InChI is InChI=1S/C12H25NO.C9H7.C2H7Si.2ClH.Zr/c1-2-3-4-5-6-7-8-9-10-11-12(13)14;1-2-5-9-7-3-6-8(9)4-1;1-3-2;;;/h2-11H2,1H3,(H2,13,14);1-7H;3H,1-2H3;2*1H;/q;;;;;+3/p-3. The van der Waals surface area contributed by atoms with Gasteiger partial charge in [0.15, 0.2) is 0 Å². The molecule has 1 aromatic carbocycles. The third-order valence-electron chi connectivity index (χ3n) is 5.55. The Bertz CT molecular complexity index is 612. The van der Waals surface area contributed by atoms with Crippen LogP contribution in [0.2, 0.25) is 13.1 Å². The second kappa shape index (κ2) is 16.8. The number of halogens is 2. The van der Waals surface area contributed by atoms with Crippen LogP contribution >= 0.6 is 0 Å². The molecule has 1 N–H and O–H groups in total. The van der Waals surface area contributed by atoms with E-state index in [2.05, 4.69) is 59.7 Å². The first-order valence-electron chi connectivity index (χ1n) is 11.1. The Morgan fingerprint density at radius 1 is 0.966 bits per heavy atom. The zero-order valence-corrected chi connectivity index (χ0v) is 23.5. The zero-order valence-electron chi connectivity index (χ0n) is 18.4. The molecular weight excluding hydrogens is 496 g/mol. The molecule has 0 saturated carbocycles. The molecule has 1 aromatic rings. The van der Waals surface area contributed by atoms with Crippen molar-refractivity contribution in [2.45, 2.75) is 87.9 Å². The number of hydrogen-bond donors (Lipinski definition) is 1. The van der Waals surface area contributed by atoms with Gasteiger partial charge >= 0.3 is 170 Å². The third-order valence-corrected chi connectivity index (χ3v) is 23.2. The molecule has 163 valence electrons. The minimum atomic E-state index is -1.95. The average Bonchev–Trinajstić information content (AvgIpc) is 3.08. The van der Waals surface area contributed by atoms with E-state index in [1.165, 1.54) is 62.5 Å². The van der Waals surface area contributed by atoms with Gasteiger partial charge in [-0.25, -0.2) is 0 Å². The number of nitrogens with one attached hydrogen (secondary N) is 1. The average molecular weight is 535 g/mol. The molecule has 29 heavy (non-hydrogen) atoms. The molecule has 0 aromatic heterocycles. The van der Waals surface area contributed by atoms with Gasteiger partial charge in [-0.15, -0.1) is 0 Å². The van der Waals surface area contributed by atoms with Gasteiger partial charge in [-0.1, -0.05) is 6.92 Å². The summed E-state index contributed by atoms with van der Waals surface area (Å²) in [4.78, 5) is 12.6. The van der Waals surface area contributed by atoms with Crippen molar-refractivity contribution >= 4 is 17.9 Å². The van der Waals surface area contributed by atoms with Gasteiger partial charge in [0.2, 0.25) is 0 Å². The van der Waals surface area contributed by atoms with E-state index in [0.717, 1.165) is 12.8 Å². The summed E-state index contributed by atoms with van der Waals surface area (Å²) in [6.07, 6.45) is 17.2. The van der Waals surface area contributed by atoms with Gasteiger partial charge in [-0.3, -0.25) is 0 Å². The molecule has 6 heteroatoms. The molecule has 0 saturated heterocycles. The molecule has 1 atom stereocenters. The van der Waals surface area contributed by atoms with Gasteiger partial charge in [-0.2, -0.15) is 0 Å². The van der Waals surface area contributed by atoms with Crippen LogP contribution < -0.4 is 28.1 Å². The van der Waals surface area contributed by atoms with Crippen LogP contribution in [0.3, 0.4) is 0 Å². The van der Waals surface area contributed by atoms with Gasteiger partial charge in [-0.05, 0) is 0 Å². The summed E-state index contributed by atoms with van der Waals surface area (Å²) >= 11 is -1.95. The molecular formula is C23H38Cl2NOSiZr. The summed E-state index contributed by atoms with van der Waals surface area (Å²) in [7, 11) is 0. The fourth-order valence-electron chi connectivity index (χ4n) is 3.92. The van der Waals surface area contributed by atoms with Crippen molar-refractivity contribution < 1.29 is 50.8 Å². The van der Waals surface area contributed by atoms with E-state index in [9.17, 15) is 4.79 Å². The van der Waals surface area contributed by atoms with Crippen molar-refractivity contribution in [2.75, 3.05) is 0 Å². The maximum absolute atomic E-state index is 12.6. The van der Waals surface area contributed by atoms with Gasteiger partial charge in [0.1, 0.15) is 0 Å². The van der Waals surface area contributed by atoms with Crippen LogP contribution in [-0.4, -0.2) is 11.8 Å². The van der Waals surface area contributed by atoms with Gasteiger partial charge in [0.05, 0.1) is 0 Å². The first-order valence-corrected chi connectivity index (χ1v) is 20.9. The fourth-order valence-corrected chi connectivity index (χ4v) is 18.7. The van der Waals surface area contributed by atoms with Crippen molar-refractivity contribution in [3.8, 4) is 0 Å². The Hall–Kier alpha value is 0.110. The van der Waals surface area contributed by atoms with Crippen LogP contribution in [0.1, 0.15) is 85.9 Å². The summed E-state index contributed by atoms with van der Waals surface area (Å²) in [6, 6.07) is 8.73. The van der Waals surface area contributed by atoms with E-state index in [1.807, 2.05) is 0 Å². The summed E-state index contributed by atoms with van der Waals surface area (Å²) in [5.41, 5.74) is 2.83. The molecule has 0 fully saturated rings. The molecule has 0 spiro atoms. The van der Waals surface area contributed by atoms with E-state index in [4.69, 9.17) is 0 Å². The normalized spacial score (nSPS) is 14.1. The second-order valence-corrected chi connectivity index (χ2v) is 27.1. The molecule has 2 nitrogen and oxygen atoms in total. The number of fused-ring (bicyclic) bond motifs is 1. The van der Waals surface area contributed by atoms with Crippen LogP contribution in [0.25, 0.3) is 6.08 Å². The predicted octanol–water partition coefficient (Wildman–Crippen LogP) is 0.316. The molecule has 2 rings (SSSR count). The third kappa shape index (κ3) is 10.3. The number of rotatable bonds is 13. The minimum Gasteiger partial charge on any atom is -1.00 e. The maximum atomic E-state index is 12.6. The topological polar surface area (TPSA) is 29.1 Å². The number of hydrogen-bond acceptors (Lipinski definition) is 1. The summed E-state index contributed by atoms with van der Waals surface area (Å²) in [5.74, 6) is -0.468. The monoisotopic (exact) mass is 532 g/mol. The summed E-state index contributed by atoms with van der Waals surface area (Å²) in [6.45, 7) is 7.13. The molecule has 0 aliphatic heterocycles. The predicted molar refractivity (Wildman–Crippen MR) is 117 cm³/mol. The smallest absolute Gasteiger partial charge is 1.00 e. The SMILES string of the molecule is CCCCCCCCCCCC(=O)[NH][Zr+2]([CH]1C=Cc2ccccc21)[SiH](C)C.[Cl-].[Cl-]. The Kier molecular flexibility index (Phi) is 16.8. The Morgan fingerprint density at radius 3 is 2.17 bits per heavy atom. The molecule has 0 heterocycles. The zero-order chi connectivity index (χ0) is 19.5. The molecule has 1 amide bonds. The molecule has 1 aliphatic carbocycles. The van der Waals surface area contributed by atoms with E-state index in [-0.39, 0.29) is 24.8 Å². The number of carbonyl (C=O) groups excluding carboxylic acids is 1. The van der Waals surface area contributed by atoms with Gasteiger partial charge < -0.3 is 24.8 Å². The number of carbonyl (C=O) groups is 1. The fraction of sp³-hybridized carbons (Fsp3) is 0.609. The Morgan fingerprint density at radius 2 is 1.55 bits per heavy atom. The molecule has 1 aliphatic rings.